The third kappa shape index (κ3) is 4.77. The van der Waals surface area contributed by atoms with E-state index in [0.29, 0.717) is 0 Å². The third-order valence-corrected chi connectivity index (χ3v) is 3.34. The number of aryl methyl sites for hydroxylation is 1. The Labute approximate surface area is 123 Å². The first-order valence-electron chi connectivity index (χ1n) is 6.52. The Bertz CT molecular complexity index is 499. The van der Waals surface area contributed by atoms with Gasteiger partial charge in [0, 0.05) is 30.7 Å². The second-order valence-corrected chi connectivity index (χ2v) is 5.45. The van der Waals surface area contributed by atoms with E-state index >= 15 is 0 Å². The van der Waals surface area contributed by atoms with E-state index < -0.39 is 0 Å². The van der Waals surface area contributed by atoms with Crippen LogP contribution in [0.4, 0.5) is 0 Å². The molecule has 0 saturated carbocycles. The van der Waals surface area contributed by atoms with Crippen molar-refractivity contribution in [2.75, 3.05) is 11.9 Å². The quantitative estimate of drug-likeness (QED) is 0.753. The molecule has 1 aromatic carbocycles. The van der Waals surface area contributed by atoms with Crippen LogP contribution in [0.2, 0.25) is 0 Å². The molecule has 0 unspecified atom stereocenters. The maximum Gasteiger partial charge on any atom is 0.0547 e. The van der Waals surface area contributed by atoms with Gasteiger partial charge in [-0.15, -0.1) is 0 Å². The fraction of sp³-hybridized carbons (Fsp3) is 0.312. The molecule has 100 valence electrons. The van der Waals surface area contributed by atoms with Gasteiger partial charge >= 0.3 is 0 Å². The molecule has 0 atom stereocenters. The summed E-state index contributed by atoms with van der Waals surface area (Å²) in [5.41, 5.74) is 3.56. The summed E-state index contributed by atoms with van der Waals surface area (Å²) >= 11 is 3.53. The topological polar surface area (TPSA) is 16.1 Å². The molecule has 0 amide bonds. The van der Waals surface area contributed by atoms with Crippen LogP contribution in [0, 0.1) is 6.92 Å². The van der Waals surface area contributed by atoms with Gasteiger partial charge in [-0.3, -0.25) is 9.88 Å². The van der Waals surface area contributed by atoms with E-state index in [1.165, 1.54) is 5.56 Å². The molecule has 0 bridgehead atoms. The molecule has 19 heavy (non-hydrogen) atoms. The Morgan fingerprint density at radius 3 is 2.47 bits per heavy atom. The fourth-order valence-electron chi connectivity index (χ4n) is 2.09. The number of rotatable bonds is 6. The molecule has 2 rings (SSSR count). The summed E-state index contributed by atoms with van der Waals surface area (Å²) in [4.78, 5) is 6.99. The number of halogens is 1. The average molecular weight is 319 g/mol. The predicted molar refractivity (Wildman–Crippen MR) is 83.3 cm³/mol. The Kier molecular flexibility index (Phi) is 5.55. The van der Waals surface area contributed by atoms with Crippen molar-refractivity contribution in [3.05, 3.63) is 65.5 Å². The third-order valence-electron chi connectivity index (χ3n) is 2.98. The molecule has 2 nitrogen and oxygen atoms in total. The first kappa shape index (κ1) is 14.2. The van der Waals surface area contributed by atoms with Gasteiger partial charge in [0.2, 0.25) is 0 Å². The van der Waals surface area contributed by atoms with Crippen molar-refractivity contribution in [2.24, 2.45) is 0 Å². The molecule has 0 spiro atoms. The Morgan fingerprint density at radius 1 is 1.00 bits per heavy atom. The van der Waals surface area contributed by atoms with Gasteiger partial charge in [-0.25, -0.2) is 0 Å². The van der Waals surface area contributed by atoms with E-state index in [2.05, 4.69) is 68.3 Å². The number of benzene rings is 1. The molecule has 0 saturated heterocycles. The summed E-state index contributed by atoms with van der Waals surface area (Å²) in [6.07, 6.45) is 0. The summed E-state index contributed by atoms with van der Waals surface area (Å²) in [7, 11) is 0. The Balaban J connectivity index is 2.04. The minimum atomic E-state index is 0.891. The lowest BCUT2D eigenvalue weighted by Crippen LogP contribution is -2.25. The lowest BCUT2D eigenvalue weighted by atomic mass is 10.2. The molecule has 1 heterocycles. The van der Waals surface area contributed by atoms with Crippen LogP contribution in [-0.4, -0.2) is 21.8 Å². The summed E-state index contributed by atoms with van der Waals surface area (Å²) < 4.78 is 0. The molecular weight excluding hydrogens is 300 g/mol. The minimum absolute atomic E-state index is 0.891. The van der Waals surface area contributed by atoms with E-state index in [0.717, 1.165) is 36.4 Å². The van der Waals surface area contributed by atoms with Gasteiger partial charge in [0.05, 0.1) is 5.69 Å². The predicted octanol–water partition coefficient (Wildman–Crippen LogP) is 3.79. The summed E-state index contributed by atoms with van der Waals surface area (Å²) in [5, 5.41) is 0.978. The summed E-state index contributed by atoms with van der Waals surface area (Å²) in [6.45, 7) is 4.91. The lowest BCUT2D eigenvalue weighted by Gasteiger charge is -2.21. The maximum absolute atomic E-state index is 4.58. The van der Waals surface area contributed by atoms with Gasteiger partial charge < -0.3 is 0 Å². The van der Waals surface area contributed by atoms with Crippen molar-refractivity contribution in [3.8, 4) is 0 Å². The van der Waals surface area contributed by atoms with Gasteiger partial charge in [0.15, 0.2) is 0 Å². The van der Waals surface area contributed by atoms with Crippen LogP contribution in [-0.2, 0) is 13.1 Å². The van der Waals surface area contributed by atoms with Crippen LogP contribution < -0.4 is 0 Å². The van der Waals surface area contributed by atoms with Crippen molar-refractivity contribution in [1.82, 2.24) is 9.88 Å². The highest BCUT2D eigenvalue weighted by Crippen LogP contribution is 2.09. The van der Waals surface area contributed by atoms with Crippen LogP contribution in [0.3, 0.4) is 0 Å². The largest absolute Gasteiger partial charge is 0.292 e. The standard InChI is InChI=1S/C16H19BrN2/c1-14-6-5-9-16(18-14)13-19(11-10-17)12-15-7-3-2-4-8-15/h2-9H,10-13H2,1H3. The highest BCUT2D eigenvalue weighted by atomic mass is 79.9. The van der Waals surface area contributed by atoms with Crippen LogP contribution in [0.5, 0.6) is 0 Å². The van der Waals surface area contributed by atoms with Gasteiger partial charge in [-0.2, -0.15) is 0 Å². The number of hydrogen-bond donors (Lipinski definition) is 0. The fourth-order valence-corrected chi connectivity index (χ4v) is 2.59. The molecule has 2 aromatic rings. The van der Waals surface area contributed by atoms with E-state index in [1.54, 1.807) is 0 Å². The van der Waals surface area contributed by atoms with E-state index in [-0.39, 0.29) is 0 Å². The molecule has 0 fully saturated rings. The van der Waals surface area contributed by atoms with Crippen molar-refractivity contribution < 1.29 is 0 Å². The summed E-state index contributed by atoms with van der Waals surface area (Å²) in [6, 6.07) is 16.8. The summed E-state index contributed by atoms with van der Waals surface area (Å²) in [5.74, 6) is 0. The Morgan fingerprint density at radius 2 is 1.79 bits per heavy atom. The SMILES string of the molecule is Cc1cccc(CN(CCBr)Cc2ccccc2)n1. The van der Waals surface area contributed by atoms with Gasteiger partial charge in [0.1, 0.15) is 0 Å². The van der Waals surface area contributed by atoms with E-state index in [1.807, 2.05) is 13.0 Å². The molecule has 0 aliphatic heterocycles. The van der Waals surface area contributed by atoms with Gasteiger partial charge in [-0.05, 0) is 24.6 Å². The number of alkyl halides is 1. The van der Waals surface area contributed by atoms with Gasteiger partial charge in [0.25, 0.3) is 0 Å². The van der Waals surface area contributed by atoms with Crippen molar-refractivity contribution >= 4 is 15.9 Å². The normalized spacial score (nSPS) is 10.9. The first-order chi connectivity index (χ1) is 9.28. The number of pyridine rings is 1. The second kappa shape index (κ2) is 7.41. The molecular formula is C16H19BrN2. The maximum atomic E-state index is 4.58. The number of hydrogen-bond acceptors (Lipinski definition) is 2. The lowest BCUT2D eigenvalue weighted by molar-refractivity contribution is 0.271. The number of aromatic nitrogens is 1. The molecule has 3 heteroatoms. The second-order valence-electron chi connectivity index (χ2n) is 4.66. The average Bonchev–Trinajstić information content (AvgIpc) is 2.40. The van der Waals surface area contributed by atoms with Gasteiger partial charge in [-0.1, -0.05) is 52.3 Å². The van der Waals surface area contributed by atoms with E-state index in [4.69, 9.17) is 0 Å². The first-order valence-corrected chi connectivity index (χ1v) is 7.65. The van der Waals surface area contributed by atoms with Crippen LogP contribution in [0.25, 0.3) is 0 Å². The molecule has 0 radical (unpaired) electrons. The monoisotopic (exact) mass is 318 g/mol. The molecule has 0 N–H and O–H groups in total. The zero-order valence-corrected chi connectivity index (χ0v) is 12.8. The van der Waals surface area contributed by atoms with Crippen LogP contribution in [0.1, 0.15) is 17.0 Å². The zero-order chi connectivity index (χ0) is 13.5. The molecule has 0 aliphatic carbocycles. The molecule has 0 aliphatic rings. The smallest absolute Gasteiger partial charge is 0.0547 e. The van der Waals surface area contributed by atoms with Crippen molar-refractivity contribution in [2.45, 2.75) is 20.0 Å². The van der Waals surface area contributed by atoms with Crippen LogP contribution >= 0.6 is 15.9 Å². The van der Waals surface area contributed by atoms with E-state index in [9.17, 15) is 0 Å². The highest BCUT2D eigenvalue weighted by Gasteiger charge is 2.07. The minimum Gasteiger partial charge on any atom is -0.292 e. The van der Waals surface area contributed by atoms with Crippen LogP contribution in [0.15, 0.2) is 48.5 Å². The molecule has 1 aromatic heterocycles. The Hall–Kier alpha value is -1.19. The van der Waals surface area contributed by atoms with Crippen molar-refractivity contribution in [1.29, 1.82) is 0 Å². The number of nitrogens with zero attached hydrogens (tertiary/aromatic N) is 2. The van der Waals surface area contributed by atoms with Crippen molar-refractivity contribution in [3.63, 3.8) is 0 Å². The zero-order valence-electron chi connectivity index (χ0n) is 11.2. The highest BCUT2D eigenvalue weighted by molar-refractivity contribution is 9.09.